The zero-order chi connectivity index (χ0) is 9.90. The predicted molar refractivity (Wildman–Crippen MR) is 48.2 cm³/mol. The maximum atomic E-state index is 12.8. The van der Waals surface area contributed by atoms with Crippen LogP contribution in [0.3, 0.4) is 0 Å². The van der Waals surface area contributed by atoms with Crippen molar-refractivity contribution in [1.82, 2.24) is 0 Å². The van der Waals surface area contributed by atoms with Gasteiger partial charge in [0, 0.05) is 10.5 Å². The lowest BCUT2D eigenvalue weighted by molar-refractivity contribution is -0.130. The molecule has 0 aliphatic rings. The van der Waals surface area contributed by atoms with E-state index in [-0.39, 0.29) is 11.8 Å². The number of carbonyl (C=O) groups excluding carboxylic acids is 1. The fourth-order valence-electron chi connectivity index (χ4n) is 0.898. The summed E-state index contributed by atoms with van der Waals surface area (Å²) in [4.78, 5) is 10.8. The lowest BCUT2D eigenvalue weighted by Crippen LogP contribution is -2.14. The monoisotopic (exact) mass is 202 g/mol. The second-order valence-corrected chi connectivity index (χ2v) is 3.35. The molecule has 0 amide bonds. The molecule has 1 rings (SSSR count). The highest BCUT2D eigenvalue weighted by molar-refractivity contribution is 7.98. The van der Waals surface area contributed by atoms with Gasteiger partial charge in [-0.2, -0.15) is 8.78 Å². The minimum absolute atomic E-state index is 0.255. The van der Waals surface area contributed by atoms with Gasteiger partial charge >= 0.3 is 5.92 Å². The molecule has 13 heavy (non-hydrogen) atoms. The van der Waals surface area contributed by atoms with Gasteiger partial charge in [0.25, 0.3) is 0 Å². The molecule has 1 aromatic carbocycles. The highest BCUT2D eigenvalue weighted by atomic mass is 32.2. The maximum absolute atomic E-state index is 12.8. The van der Waals surface area contributed by atoms with Gasteiger partial charge in [0.15, 0.2) is 6.29 Å². The highest BCUT2D eigenvalue weighted by Crippen LogP contribution is 2.28. The maximum Gasteiger partial charge on any atom is 0.327 e. The molecular formula is C9H8F2OS. The van der Waals surface area contributed by atoms with Crippen molar-refractivity contribution >= 4 is 18.0 Å². The van der Waals surface area contributed by atoms with Gasteiger partial charge in [-0.25, -0.2) is 0 Å². The van der Waals surface area contributed by atoms with E-state index in [4.69, 9.17) is 0 Å². The molecule has 70 valence electrons. The molecule has 0 aliphatic carbocycles. The normalized spacial score (nSPS) is 11.3. The van der Waals surface area contributed by atoms with Gasteiger partial charge in [-0.15, -0.1) is 11.8 Å². The summed E-state index contributed by atoms with van der Waals surface area (Å²) in [7, 11) is 0. The highest BCUT2D eigenvalue weighted by Gasteiger charge is 2.30. The van der Waals surface area contributed by atoms with Crippen molar-refractivity contribution in [1.29, 1.82) is 0 Å². The molecule has 1 nitrogen and oxygen atoms in total. The largest absolute Gasteiger partial charge is 0.327 e. The van der Waals surface area contributed by atoms with Crippen LogP contribution in [0.5, 0.6) is 0 Å². The number of thioether (sulfide) groups is 1. The Kier molecular flexibility index (Phi) is 3.03. The van der Waals surface area contributed by atoms with Crippen molar-refractivity contribution in [3.8, 4) is 0 Å². The van der Waals surface area contributed by atoms with Gasteiger partial charge in [0.2, 0.25) is 0 Å². The van der Waals surface area contributed by atoms with E-state index < -0.39 is 5.92 Å². The van der Waals surface area contributed by atoms with E-state index in [1.807, 2.05) is 0 Å². The summed E-state index contributed by atoms with van der Waals surface area (Å²) >= 11 is 1.36. The quantitative estimate of drug-likeness (QED) is 0.553. The summed E-state index contributed by atoms with van der Waals surface area (Å²) in [6, 6.07) is 5.79. The number of benzene rings is 1. The number of alkyl halides is 2. The van der Waals surface area contributed by atoms with Crippen LogP contribution < -0.4 is 0 Å². The molecule has 0 spiro atoms. The second-order valence-electron chi connectivity index (χ2n) is 2.47. The Morgan fingerprint density at radius 2 is 2.15 bits per heavy atom. The molecule has 0 aromatic heterocycles. The molecule has 0 saturated heterocycles. The lowest BCUT2D eigenvalue weighted by Gasteiger charge is -2.09. The summed E-state index contributed by atoms with van der Waals surface area (Å²) in [5.74, 6) is -3.37. The topological polar surface area (TPSA) is 17.1 Å². The Labute approximate surface area is 79.1 Å². The van der Waals surface area contributed by atoms with E-state index in [0.29, 0.717) is 0 Å². The minimum Gasteiger partial charge on any atom is -0.296 e. The fourth-order valence-corrected chi connectivity index (χ4v) is 1.36. The van der Waals surface area contributed by atoms with Crippen molar-refractivity contribution in [3.63, 3.8) is 0 Å². The Bertz CT molecular complexity index is 312. The van der Waals surface area contributed by atoms with Crippen LogP contribution in [0.2, 0.25) is 0 Å². The Morgan fingerprint density at radius 1 is 1.46 bits per heavy atom. The second kappa shape index (κ2) is 3.87. The number of carbonyl (C=O) groups is 1. The van der Waals surface area contributed by atoms with Crippen molar-refractivity contribution in [2.24, 2.45) is 0 Å². The van der Waals surface area contributed by atoms with E-state index in [2.05, 4.69) is 0 Å². The zero-order valence-electron chi connectivity index (χ0n) is 6.96. The van der Waals surface area contributed by atoms with Gasteiger partial charge in [-0.3, -0.25) is 4.79 Å². The number of halogens is 2. The first-order valence-electron chi connectivity index (χ1n) is 3.59. The van der Waals surface area contributed by atoms with E-state index in [1.54, 1.807) is 12.3 Å². The molecular weight excluding hydrogens is 194 g/mol. The molecule has 0 N–H and O–H groups in total. The zero-order valence-corrected chi connectivity index (χ0v) is 7.78. The molecule has 0 saturated carbocycles. The van der Waals surface area contributed by atoms with Crippen LogP contribution in [0.1, 0.15) is 5.56 Å². The molecule has 0 atom stereocenters. The van der Waals surface area contributed by atoms with Crippen LogP contribution in [-0.2, 0) is 10.7 Å². The van der Waals surface area contributed by atoms with Crippen LogP contribution >= 0.6 is 11.8 Å². The summed E-state index contributed by atoms with van der Waals surface area (Å²) in [5, 5.41) is 0. The molecule has 0 fully saturated rings. The Balaban J connectivity index is 3.08. The molecule has 4 heteroatoms. The Morgan fingerprint density at radius 3 is 2.69 bits per heavy atom. The van der Waals surface area contributed by atoms with Crippen LogP contribution in [0.15, 0.2) is 29.2 Å². The first-order chi connectivity index (χ1) is 6.10. The minimum atomic E-state index is -3.37. The standard InChI is InChI=1S/C9H8F2OS/c1-13-8-4-2-3-7(5-8)9(10,11)6-12/h2-6H,1H3. The number of hydrogen-bond acceptors (Lipinski definition) is 2. The van der Waals surface area contributed by atoms with E-state index in [0.717, 1.165) is 4.90 Å². The SMILES string of the molecule is CSc1cccc(C(F)(F)C=O)c1. The third-order valence-electron chi connectivity index (χ3n) is 1.60. The van der Waals surface area contributed by atoms with Gasteiger partial charge in [-0.05, 0) is 18.4 Å². The smallest absolute Gasteiger partial charge is 0.296 e. The van der Waals surface area contributed by atoms with Crippen LogP contribution in [0.4, 0.5) is 8.78 Å². The third-order valence-corrected chi connectivity index (χ3v) is 2.33. The van der Waals surface area contributed by atoms with E-state index in [9.17, 15) is 13.6 Å². The van der Waals surface area contributed by atoms with Gasteiger partial charge in [-0.1, -0.05) is 12.1 Å². The first kappa shape index (κ1) is 10.2. The fraction of sp³-hybridized carbons (Fsp3) is 0.222. The summed E-state index contributed by atoms with van der Waals surface area (Å²) in [6.45, 7) is 0. The van der Waals surface area contributed by atoms with Crippen molar-refractivity contribution in [3.05, 3.63) is 29.8 Å². The molecule has 0 radical (unpaired) electrons. The van der Waals surface area contributed by atoms with Gasteiger partial charge in [0.1, 0.15) is 0 Å². The van der Waals surface area contributed by atoms with Crippen molar-refractivity contribution in [2.45, 2.75) is 10.8 Å². The number of rotatable bonds is 3. The first-order valence-corrected chi connectivity index (χ1v) is 4.81. The van der Waals surface area contributed by atoms with Crippen molar-refractivity contribution < 1.29 is 13.6 Å². The summed E-state index contributed by atoms with van der Waals surface area (Å²) < 4.78 is 25.6. The van der Waals surface area contributed by atoms with Gasteiger partial charge in [0.05, 0.1) is 0 Å². The third kappa shape index (κ3) is 2.28. The molecule has 0 bridgehead atoms. The van der Waals surface area contributed by atoms with Crippen LogP contribution in [0.25, 0.3) is 0 Å². The molecule has 0 aliphatic heterocycles. The molecule has 0 heterocycles. The van der Waals surface area contributed by atoms with E-state index >= 15 is 0 Å². The number of hydrogen-bond donors (Lipinski definition) is 0. The van der Waals surface area contributed by atoms with E-state index in [1.165, 1.54) is 30.0 Å². The lowest BCUT2D eigenvalue weighted by atomic mass is 10.1. The molecule has 0 unspecified atom stereocenters. The summed E-state index contributed by atoms with van der Waals surface area (Å²) in [5.41, 5.74) is -0.255. The van der Waals surface area contributed by atoms with Crippen molar-refractivity contribution in [2.75, 3.05) is 6.26 Å². The number of aldehydes is 1. The van der Waals surface area contributed by atoms with Crippen LogP contribution in [-0.4, -0.2) is 12.5 Å². The summed E-state index contributed by atoms with van der Waals surface area (Å²) in [6.07, 6.45) is 1.45. The van der Waals surface area contributed by atoms with Crippen LogP contribution in [0, 0.1) is 0 Å². The van der Waals surface area contributed by atoms with Gasteiger partial charge < -0.3 is 0 Å². The Hall–Kier alpha value is -0.900. The average molecular weight is 202 g/mol. The predicted octanol–water partition coefficient (Wildman–Crippen LogP) is 2.70. The molecule has 1 aromatic rings. The average Bonchev–Trinajstić information content (AvgIpc) is 2.18.